The maximum atomic E-state index is 12.5. The van der Waals surface area contributed by atoms with Crippen molar-refractivity contribution in [2.45, 2.75) is 19.0 Å². The molecule has 24 heavy (non-hydrogen) atoms. The van der Waals surface area contributed by atoms with Gasteiger partial charge >= 0.3 is 0 Å². The normalized spacial score (nSPS) is 18.1. The minimum absolute atomic E-state index is 0.141. The molecule has 2 N–H and O–H groups in total. The Balaban J connectivity index is 1.39. The first-order valence-corrected chi connectivity index (χ1v) is 8.00. The molecule has 0 saturated carbocycles. The number of hydrogen-bond acceptors (Lipinski definition) is 5. The van der Waals surface area contributed by atoms with Gasteiger partial charge in [0, 0.05) is 44.3 Å². The molecule has 7 heteroatoms. The number of H-pyrrole nitrogens is 1. The molecule has 4 heterocycles. The Kier molecular flexibility index (Phi) is 3.92. The molecule has 1 aliphatic heterocycles. The number of fused-ring (bicyclic) bond motifs is 1. The summed E-state index contributed by atoms with van der Waals surface area (Å²) in [5.41, 5.74) is 2.34. The SMILES string of the molecule is O=C(N[C@H]1CCN(Cc2ccncc2)C1)c1ncnc2[nH]ccc12. The molecule has 0 aliphatic carbocycles. The van der Waals surface area contributed by atoms with Gasteiger partial charge in [0.1, 0.15) is 17.7 Å². The molecular weight excluding hydrogens is 304 g/mol. The summed E-state index contributed by atoms with van der Waals surface area (Å²) in [6.07, 6.45) is 7.74. The molecule has 0 unspecified atom stereocenters. The average molecular weight is 322 g/mol. The number of pyridine rings is 1. The second-order valence-electron chi connectivity index (χ2n) is 6.01. The molecule has 1 fully saturated rings. The van der Waals surface area contributed by atoms with Crippen LogP contribution < -0.4 is 5.32 Å². The Hall–Kier alpha value is -2.80. The third-order valence-electron chi connectivity index (χ3n) is 4.33. The molecule has 0 bridgehead atoms. The maximum absolute atomic E-state index is 12.5. The summed E-state index contributed by atoms with van der Waals surface area (Å²) in [6.45, 7) is 2.69. The highest BCUT2D eigenvalue weighted by atomic mass is 16.2. The number of carbonyl (C=O) groups excluding carboxylic acids is 1. The first-order chi connectivity index (χ1) is 11.8. The zero-order valence-corrected chi connectivity index (χ0v) is 13.1. The fourth-order valence-electron chi connectivity index (χ4n) is 3.15. The van der Waals surface area contributed by atoms with E-state index in [9.17, 15) is 4.79 Å². The molecule has 3 aromatic rings. The third kappa shape index (κ3) is 2.98. The maximum Gasteiger partial charge on any atom is 0.270 e. The number of rotatable bonds is 4. The molecule has 1 amide bonds. The molecule has 0 radical (unpaired) electrons. The molecule has 1 aliphatic rings. The van der Waals surface area contributed by atoms with Gasteiger partial charge in [-0.05, 0) is 30.2 Å². The van der Waals surface area contributed by atoms with Crippen LogP contribution in [-0.4, -0.2) is 49.9 Å². The zero-order valence-electron chi connectivity index (χ0n) is 13.1. The smallest absolute Gasteiger partial charge is 0.270 e. The molecule has 3 aromatic heterocycles. The monoisotopic (exact) mass is 322 g/mol. The first-order valence-electron chi connectivity index (χ1n) is 8.00. The molecule has 1 saturated heterocycles. The lowest BCUT2D eigenvalue weighted by atomic mass is 10.2. The van der Waals surface area contributed by atoms with Crippen molar-refractivity contribution in [2.24, 2.45) is 0 Å². The number of nitrogens with zero attached hydrogens (tertiary/aromatic N) is 4. The van der Waals surface area contributed by atoms with Crippen LogP contribution in [0.2, 0.25) is 0 Å². The molecule has 0 aromatic carbocycles. The van der Waals surface area contributed by atoms with Crippen molar-refractivity contribution in [3.63, 3.8) is 0 Å². The molecule has 122 valence electrons. The Labute approximate surface area is 139 Å². The van der Waals surface area contributed by atoms with Crippen LogP contribution >= 0.6 is 0 Å². The van der Waals surface area contributed by atoms with Crippen LogP contribution in [0.15, 0.2) is 43.1 Å². The van der Waals surface area contributed by atoms with Crippen molar-refractivity contribution in [3.8, 4) is 0 Å². The van der Waals surface area contributed by atoms with E-state index >= 15 is 0 Å². The number of carbonyl (C=O) groups is 1. The minimum atomic E-state index is -0.141. The predicted molar refractivity (Wildman–Crippen MR) is 89.3 cm³/mol. The van der Waals surface area contributed by atoms with Gasteiger partial charge in [-0.15, -0.1) is 0 Å². The van der Waals surface area contributed by atoms with Crippen LogP contribution in [0.3, 0.4) is 0 Å². The van der Waals surface area contributed by atoms with Crippen LogP contribution in [-0.2, 0) is 6.54 Å². The van der Waals surface area contributed by atoms with Crippen molar-refractivity contribution in [1.29, 1.82) is 0 Å². The summed E-state index contributed by atoms with van der Waals surface area (Å²) < 4.78 is 0. The van der Waals surface area contributed by atoms with Crippen molar-refractivity contribution in [3.05, 3.63) is 54.4 Å². The van der Waals surface area contributed by atoms with Gasteiger partial charge in [0.05, 0.1) is 5.39 Å². The Morgan fingerprint density at radius 2 is 2.17 bits per heavy atom. The van der Waals surface area contributed by atoms with E-state index in [1.807, 2.05) is 30.6 Å². The predicted octanol–water partition coefficient (Wildman–Crippen LogP) is 1.36. The molecular formula is C17H18N6O. The Bertz CT molecular complexity index is 846. The van der Waals surface area contributed by atoms with E-state index in [2.05, 4.69) is 30.2 Å². The van der Waals surface area contributed by atoms with E-state index in [1.165, 1.54) is 11.9 Å². The number of nitrogens with one attached hydrogen (secondary N) is 2. The van der Waals surface area contributed by atoms with Gasteiger partial charge in [-0.25, -0.2) is 9.97 Å². The summed E-state index contributed by atoms with van der Waals surface area (Å²) in [4.78, 5) is 30.2. The summed E-state index contributed by atoms with van der Waals surface area (Å²) in [6, 6.07) is 6.02. The summed E-state index contributed by atoms with van der Waals surface area (Å²) in [5.74, 6) is -0.141. The van der Waals surface area contributed by atoms with E-state index < -0.39 is 0 Å². The van der Waals surface area contributed by atoms with Crippen LogP contribution in [0.4, 0.5) is 0 Å². The quantitative estimate of drug-likeness (QED) is 0.757. The minimum Gasteiger partial charge on any atom is -0.347 e. The average Bonchev–Trinajstić information content (AvgIpc) is 3.24. The van der Waals surface area contributed by atoms with Gasteiger partial charge < -0.3 is 10.3 Å². The fraction of sp³-hybridized carbons (Fsp3) is 0.294. The molecule has 0 spiro atoms. The number of amides is 1. The van der Waals surface area contributed by atoms with Crippen LogP contribution in [0.1, 0.15) is 22.5 Å². The zero-order chi connectivity index (χ0) is 16.4. The second-order valence-corrected chi connectivity index (χ2v) is 6.01. The van der Waals surface area contributed by atoms with E-state index in [-0.39, 0.29) is 11.9 Å². The van der Waals surface area contributed by atoms with Crippen LogP contribution in [0.5, 0.6) is 0 Å². The second kappa shape index (κ2) is 6.37. The summed E-state index contributed by atoms with van der Waals surface area (Å²) in [5, 5.41) is 3.85. The van der Waals surface area contributed by atoms with Gasteiger partial charge in [-0.1, -0.05) is 0 Å². The van der Waals surface area contributed by atoms with Gasteiger partial charge in [-0.3, -0.25) is 14.7 Å². The van der Waals surface area contributed by atoms with Crippen molar-refractivity contribution in [2.75, 3.05) is 13.1 Å². The lowest BCUT2D eigenvalue weighted by Crippen LogP contribution is -2.37. The van der Waals surface area contributed by atoms with Crippen molar-refractivity contribution >= 4 is 16.9 Å². The molecule has 1 atom stereocenters. The Morgan fingerprint density at radius 3 is 3.04 bits per heavy atom. The van der Waals surface area contributed by atoms with E-state index in [1.54, 1.807) is 6.20 Å². The van der Waals surface area contributed by atoms with E-state index in [0.29, 0.717) is 11.3 Å². The standard InChI is InChI=1S/C17H18N6O/c24-17(15-14-3-7-19-16(14)21-11-20-15)22-13-4-8-23(10-13)9-12-1-5-18-6-2-12/h1-3,5-7,11,13H,4,8-10H2,(H,22,24)(H,19,20,21)/t13-/m0/s1. The number of likely N-dealkylation sites (tertiary alicyclic amines) is 1. The van der Waals surface area contributed by atoms with Crippen molar-refractivity contribution in [1.82, 2.24) is 30.2 Å². The van der Waals surface area contributed by atoms with Crippen molar-refractivity contribution < 1.29 is 4.79 Å². The largest absolute Gasteiger partial charge is 0.347 e. The van der Waals surface area contributed by atoms with Gasteiger partial charge in [0.2, 0.25) is 0 Å². The highest BCUT2D eigenvalue weighted by Crippen LogP contribution is 2.16. The van der Waals surface area contributed by atoms with Gasteiger partial charge in [-0.2, -0.15) is 0 Å². The highest BCUT2D eigenvalue weighted by molar-refractivity contribution is 6.03. The fourth-order valence-corrected chi connectivity index (χ4v) is 3.15. The summed E-state index contributed by atoms with van der Waals surface area (Å²) >= 11 is 0. The molecule has 4 rings (SSSR count). The lowest BCUT2D eigenvalue weighted by Gasteiger charge is -2.16. The van der Waals surface area contributed by atoms with Gasteiger partial charge in [0.15, 0.2) is 0 Å². The van der Waals surface area contributed by atoms with E-state index in [0.717, 1.165) is 31.4 Å². The third-order valence-corrected chi connectivity index (χ3v) is 4.33. The summed E-state index contributed by atoms with van der Waals surface area (Å²) in [7, 11) is 0. The number of hydrogen-bond donors (Lipinski definition) is 2. The van der Waals surface area contributed by atoms with Crippen LogP contribution in [0, 0.1) is 0 Å². The molecule has 7 nitrogen and oxygen atoms in total. The Morgan fingerprint density at radius 1 is 1.29 bits per heavy atom. The number of aromatic nitrogens is 4. The topological polar surface area (TPSA) is 86.8 Å². The number of aromatic amines is 1. The lowest BCUT2D eigenvalue weighted by molar-refractivity contribution is 0.0934. The van der Waals surface area contributed by atoms with Gasteiger partial charge in [0.25, 0.3) is 5.91 Å². The first kappa shape index (κ1) is 14.8. The van der Waals surface area contributed by atoms with E-state index in [4.69, 9.17) is 0 Å². The highest BCUT2D eigenvalue weighted by Gasteiger charge is 2.25. The van der Waals surface area contributed by atoms with Crippen LogP contribution in [0.25, 0.3) is 11.0 Å².